The van der Waals surface area contributed by atoms with Crippen molar-refractivity contribution in [2.75, 3.05) is 11.9 Å². The number of nitrogens with zero attached hydrogens (tertiary/aromatic N) is 2. The molecule has 0 aliphatic heterocycles. The van der Waals surface area contributed by atoms with E-state index in [1.54, 1.807) is 6.92 Å². The minimum absolute atomic E-state index is 0.375. The highest BCUT2D eigenvalue weighted by molar-refractivity contribution is 9.10. The topological polar surface area (TPSA) is 77.0 Å². The molecule has 7 heteroatoms. The second-order valence-electron chi connectivity index (χ2n) is 3.97. The van der Waals surface area contributed by atoms with Crippen molar-refractivity contribution >= 4 is 38.8 Å². The first-order valence-corrected chi connectivity index (χ1v) is 6.89. The predicted molar refractivity (Wildman–Crippen MR) is 81.3 cm³/mol. The van der Waals surface area contributed by atoms with Gasteiger partial charge < -0.3 is 15.6 Å². The Morgan fingerprint density at radius 3 is 2.89 bits per heavy atom. The Kier molecular flexibility index (Phi) is 4.49. The number of halogens is 1. The third kappa shape index (κ3) is 3.74. The molecule has 0 amide bonds. The van der Waals surface area contributed by atoms with Crippen molar-refractivity contribution in [3.8, 4) is 0 Å². The Labute approximate surface area is 124 Å². The van der Waals surface area contributed by atoms with Gasteiger partial charge in [-0.15, -0.1) is 0 Å². The van der Waals surface area contributed by atoms with Crippen LogP contribution in [0.3, 0.4) is 0 Å². The minimum atomic E-state index is 0.375. The van der Waals surface area contributed by atoms with Gasteiger partial charge in [0.2, 0.25) is 5.89 Å². The van der Waals surface area contributed by atoms with Crippen LogP contribution in [0.4, 0.5) is 5.69 Å². The zero-order valence-corrected chi connectivity index (χ0v) is 12.7. The number of aryl methyl sites for hydroxylation is 1. The van der Waals surface area contributed by atoms with Gasteiger partial charge in [-0.25, -0.2) is 0 Å². The van der Waals surface area contributed by atoms with E-state index < -0.39 is 0 Å². The van der Waals surface area contributed by atoms with Crippen LogP contribution in [0.2, 0.25) is 0 Å². The molecule has 0 saturated carbocycles. The maximum atomic E-state index is 5.60. The van der Waals surface area contributed by atoms with Gasteiger partial charge in [0.1, 0.15) is 4.99 Å². The zero-order valence-electron chi connectivity index (χ0n) is 10.3. The standard InChI is InChI=1S/C12H13BrN4OS/c1-7-16-11(18-17-7)4-5-15-8-2-3-9(12(14)19)10(13)6-8/h2-3,6,15H,4-5H2,1H3,(H2,14,19). The highest BCUT2D eigenvalue weighted by Gasteiger charge is 2.05. The summed E-state index contributed by atoms with van der Waals surface area (Å²) < 4.78 is 5.91. The number of rotatable bonds is 5. The maximum absolute atomic E-state index is 5.60. The molecule has 0 atom stereocenters. The molecule has 0 aliphatic rings. The fraction of sp³-hybridized carbons (Fsp3) is 0.250. The highest BCUT2D eigenvalue weighted by Crippen LogP contribution is 2.21. The van der Waals surface area contributed by atoms with Crippen LogP contribution >= 0.6 is 28.1 Å². The van der Waals surface area contributed by atoms with Crippen molar-refractivity contribution in [3.63, 3.8) is 0 Å². The van der Waals surface area contributed by atoms with Crippen LogP contribution in [0, 0.1) is 6.92 Å². The number of hydrogen-bond donors (Lipinski definition) is 2. The van der Waals surface area contributed by atoms with E-state index in [1.165, 1.54) is 0 Å². The SMILES string of the molecule is Cc1noc(CCNc2ccc(C(N)=S)c(Br)c2)n1. The molecule has 0 radical (unpaired) electrons. The molecule has 0 spiro atoms. The van der Waals surface area contributed by atoms with Crippen LogP contribution in [0.15, 0.2) is 27.2 Å². The van der Waals surface area contributed by atoms with E-state index in [0.717, 1.165) is 15.7 Å². The highest BCUT2D eigenvalue weighted by atomic mass is 79.9. The van der Waals surface area contributed by atoms with Crippen molar-refractivity contribution in [2.24, 2.45) is 5.73 Å². The van der Waals surface area contributed by atoms with Gasteiger partial charge in [-0.3, -0.25) is 0 Å². The van der Waals surface area contributed by atoms with E-state index in [2.05, 4.69) is 31.4 Å². The molecule has 19 heavy (non-hydrogen) atoms. The summed E-state index contributed by atoms with van der Waals surface area (Å²) in [7, 11) is 0. The van der Waals surface area contributed by atoms with E-state index in [0.29, 0.717) is 29.7 Å². The summed E-state index contributed by atoms with van der Waals surface area (Å²) in [4.78, 5) is 4.51. The Balaban J connectivity index is 1.93. The molecule has 1 heterocycles. The number of nitrogens with two attached hydrogens (primary N) is 1. The number of aromatic nitrogens is 2. The zero-order chi connectivity index (χ0) is 13.8. The lowest BCUT2D eigenvalue weighted by Gasteiger charge is -2.08. The largest absolute Gasteiger partial charge is 0.389 e. The fourth-order valence-corrected chi connectivity index (χ4v) is 2.48. The summed E-state index contributed by atoms with van der Waals surface area (Å²) in [5, 5.41) is 7.01. The van der Waals surface area contributed by atoms with Crippen LogP contribution in [0.1, 0.15) is 17.3 Å². The second-order valence-corrected chi connectivity index (χ2v) is 5.27. The van der Waals surface area contributed by atoms with Crippen molar-refractivity contribution in [1.29, 1.82) is 0 Å². The Bertz CT molecular complexity index is 599. The van der Waals surface area contributed by atoms with Crippen LogP contribution in [0.5, 0.6) is 0 Å². The number of anilines is 1. The molecule has 5 nitrogen and oxygen atoms in total. The molecule has 3 N–H and O–H groups in total. The number of hydrogen-bond acceptors (Lipinski definition) is 5. The number of thiocarbonyl (C=S) groups is 1. The Morgan fingerprint density at radius 2 is 2.32 bits per heavy atom. The number of benzene rings is 1. The summed E-state index contributed by atoms with van der Waals surface area (Å²) in [5.41, 5.74) is 7.40. The van der Waals surface area contributed by atoms with Crippen molar-refractivity contribution in [2.45, 2.75) is 13.3 Å². The quantitative estimate of drug-likeness (QED) is 0.814. The predicted octanol–water partition coefficient (Wildman–Crippen LogP) is 2.43. The molecule has 1 aromatic carbocycles. The molecule has 0 unspecified atom stereocenters. The molecule has 0 aliphatic carbocycles. The van der Waals surface area contributed by atoms with Gasteiger partial charge in [-0.05, 0) is 41.1 Å². The summed E-state index contributed by atoms with van der Waals surface area (Å²) >= 11 is 8.39. The van der Waals surface area contributed by atoms with Crippen LogP contribution in [-0.2, 0) is 6.42 Å². The lowest BCUT2D eigenvalue weighted by atomic mass is 10.2. The molecule has 100 valence electrons. The van der Waals surface area contributed by atoms with Crippen LogP contribution < -0.4 is 11.1 Å². The summed E-state index contributed by atoms with van der Waals surface area (Å²) in [6.07, 6.45) is 0.676. The van der Waals surface area contributed by atoms with E-state index in [1.807, 2.05) is 18.2 Å². The average molecular weight is 341 g/mol. The van der Waals surface area contributed by atoms with Gasteiger partial charge >= 0.3 is 0 Å². The smallest absolute Gasteiger partial charge is 0.228 e. The summed E-state index contributed by atoms with van der Waals surface area (Å²) in [5.74, 6) is 1.28. The van der Waals surface area contributed by atoms with Crippen LogP contribution in [-0.4, -0.2) is 21.7 Å². The van der Waals surface area contributed by atoms with E-state index >= 15 is 0 Å². The minimum Gasteiger partial charge on any atom is -0.389 e. The first kappa shape index (κ1) is 14.0. The molecule has 0 bridgehead atoms. The van der Waals surface area contributed by atoms with Gasteiger partial charge in [0.05, 0.1) is 0 Å². The monoisotopic (exact) mass is 340 g/mol. The first-order valence-electron chi connectivity index (χ1n) is 5.68. The van der Waals surface area contributed by atoms with E-state index in [4.69, 9.17) is 22.5 Å². The van der Waals surface area contributed by atoms with Crippen molar-refractivity contribution in [1.82, 2.24) is 10.1 Å². The first-order chi connectivity index (χ1) is 9.06. The van der Waals surface area contributed by atoms with Crippen molar-refractivity contribution in [3.05, 3.63) is 40.0 Å². The Morgan fingerprint density at radius 1 is 1.53 bits per heavy atom. The Hall–Kier alpha value is -1.47. The van der Waals surface area contributed by atoms with E-state index in [9.17, 15) is 0 Å². The second kappa shape index (κ2) is 6.12. The van der Waals surface area contributed by atoms with Gasteiger partial charge in [-0.1, -0.05) is 17.4 Å². The molecular weight excluding hydrogens is 328 g/mol. The molecule has 2 aromatic rings. The van der Waals surface area contributed by atoms with Gasteiger partial charge in [0.25, 0.3) is 0 Å². The number of nitrogens with one attached hydrogen (secondary N) is 1. The summed E-state index contributed by atoms with van der Waals surface area (Å²) in [6.45, 7) is 2.51. The average Bonchev–Trinajstić information content (AvgIpc) is 2.75. The third-order valence-corrected chi connectivity index (χ3v) is 3.35. The van der Waals surface area contributed by atoms with Crippen molar-refractivity contribution < 1.29 is 4.52 Å². The van der Waals surface area contributed by atoms with Gasteiger partial charge in [0, 0.05) is 28.7 Å². The van der Waals surface area contributed by atoms with E-state index in [-0.39, 0.29) is 0 Å². The maximum Gasteiger partial charge on any atom is 0.228 e. The normalized spacial score (nSPS) is 10.4. The molecule has 1 aromatic heterocycles. The molecule has 0 fully saturated rings. The third-order valence-electron chi connectivity index (χ3n) is 2.47. The van der Waals surface area contributed by atoms with Gasteiger partial charge in [0.15, 0.2) is 5.82 Å². The van der Waals surface area contributed by atoms with Crippen LogP contribution in [0.25, 0.3) is 0 Å². The lowest BCUT2D eigenvalue weighted by Crippen LogP contribution is -2.11. The molecule has 2 rings (SSSR count). The molecular formula is C12H13BrN4OS. The van der Waals surface area contributed by atoms with Gasteiger partial charge in [-0.2, -0.15) is 4.98 Å². The fourth-order valence-electron chi connectivity index (χ4n) is 1.58. The summed E-state index contributed by atoms with van der Waals surface area (Å²) in [6, 6.07) is 5.75. The lowest BCUT2D eigenvalue weighted by molar-refractivity contribution is 0.377. The molecule has 0 saturated heterocycles.